The standard InChI is InChI=1S/C20H33N3O/c1-5-17-8-7-9-18(6-2)20(17)21-19(24)15-23-12-10-22(11-13-23)14-16(3)4/h7-9,16H,5-6,10-15H2,1-4H3,(H,21,24). The van der Waals surface area contributed by atoms with Gasteiger partial charge in [-0.1, -0.05) is 45.9 Å². The van der Waals surface area contributed by atoms with E-state index >= 15 is 0 Å². The van der Waals surface area contributed by atoms with Crippen LogP contribution in [0.25, 0.3) is 0 Å². The topological polar surface area (TPSA) is 35.6 Å². The zero-order valence-corrected chi connectivity index (χ0v) is 15.8. The lowest BCUT2D eigenvalue weighted by Gasteiger charge is -2.35. The van der Waals surface area contributed by atoms with Crippen LogP contribution in [-0.2, 0) is 17.6 Å². The second kappa shape index (κ2) is 9.19. The number of carbonyl (C=O) groups excluding carboxylic acids is 1. The highest BCUT2D eigenvalue weighted by molar-refractivity contribution is 5.93. The van der Waals surface area contributed by atoms with Gasteiger partial charge in [0.05, 0.1) is 6.54 Å². The molecule has 0 aliphatic carbocycles. The molecule has 0 atom stereocenters. The van der Waals surface area contributed by atoms with Crippen molar-refractivity contribution in [2.45, 2.75) is 40.5 Å². The summed E-state index contributed by atoms with van der Waals surface area (Å²) in [5, 5.41) is 3.18. The summed E-state index contributed by atoms with van der Waals surface area (Å²) in [5.41, 5.74) is 3.49. The van der Waals surface area contributed by atoms with Crippen LogP contribution in [0.15, 0.2) is 18.2 Å². The molecule has 4 heteroatoms. The lowest BCUT2D eigenvalue weighted by atomic mass is 10.0. The van der Waals surface area contributed by atoms with Gasteiger partial charge in [-0.2, -0.15) is 0 Å². The van der Waals surface area contributed by atoms with Gasteiger partial charge >= 0.3 is 0 Å². The van der Waals surface area contributed by atoms with Crippen molar-refractivity contribution in [2.24, 2.45) is 5.92 Å². The molecule has 0 radical (unpaired) electrons. The number of nitrogens with one attached hydrogen (secondary N) is 1. The molecule has 2 rings (SSSR count). The van der Waals surface area contributed by atoms with Crippen LogP contribution in [0.2, 0.25) is 0 Å². The summed E-state index contributed by atoms with van der Waals surface area (Å²) < 4.78 is 0. The Morgan fingerprint density at radius 1 is 1.04 bits per heavy atom. The summed E-state index contributed by atoms with van der Waals surface area (Å²) in [6, 6.07) is 6.31. The Hall–Kier alpha value is -1.39. The highest BCUT2D eigenvalue weighted by Crippen LogP contribution is 2.22. The van der Waals surface area contributed by atoms with E-state index in [1.807, 2.05) is 0 Å². The van der Waals surface area contributed by atoms with Gasteiger partial charge in [-0.25, -0.2) is 0 Å². The Bertz CT molecular complexity index is 511. The van der Waals surface area contributed by atoms with Crippen molar-refractivity contribution in [3.8, 4) is 0 Å². The van der Waals surface area contributed by atoms with Gasteiger partial charge in [-0.05, 0) is 29.9 Å². The van der Waals surface area contributed by atoms with Crippen LogP contribution in [0.4, 0.5) is 5.69 Å². The summed E-state index contributed by atoms with van der Waals surface area (Å²) in [6.07, 6.45) is 1.88. The number of benzene rings is 1. The summed E-state index contributed by atoms with van der Waals surface area (Å²) in [7, 11) is 0. The van der Waals surface area contributed by atoms with E-state index < -0.39 is 0 Å². The van der Waals surface area contributed by atoms with Gasteiger partial charge in [0.1, 0.15) is 0 Å². The zero-order chi connectivity index (χ0) is 17.5. The predicted molar refractivity (Wildman–Crippen MR) is 102 cm³/mol. The van der Waals surface area contributed by atoms with Gasteiger partial charge < -0.3 is 10.2 Å². The maximum atomic E-state index is 12.5. The molecule has 1 aromatic rings. The van der Waals surface area contributed by atoms with Crippen LogP contribution in [0.3, 0.4) is 0 Å². The molecule has 1 aromatic carbocycles. The van der Waals surface area contributed by atoms with Crippen LogP contribution in [-0.4, -0.2) is 55.0 Å². The summed E-state index contributed by atoms with van der Waals surface area (Å²) in [4.78, 5) is 17.3. The first-order valence-electron chi connectivity index (χ1n) is 9.38. The minimum absolute atomic E-state index is 0.114. The van der Waals surface area contributed by atoms with E-state index in [0.717, 1.165) is 51.3 Å². The molecule has 24 heavy (non-hydrogen) atoms. The van der Waals surface area contributed by atoms with Crippen LogP contribution in [0.5, 0.6) is 0 Å². The highest BCUT2D eigenvalue weighted by atomic mass is 16.2. The minimum atomic E-state index is 0.114. The fourth-order valence-corrected chi connectivity index (χ4v) is 3.43. The molecule has 0 bridgehead atoms. The Morgan fingerprint density at radius 3 is 2.08 bits per heavy atom. The quantitative estimate of drug-likeness (QED) is 0.834. The predicted octanol–water partition coefficient (Wildman–Crippen LogP) is 3.02. The van der Waals surface area contributed by atoms with E-state index in [2.05, 4.69) is 61.0 Å². The average Bonchev–Trinajstić information content (AvgIpc) is 2.56. The lowest BCUT2D eigenvalue weighted by Crippen LogP contribution is -2.49. The molecule has 0 aromatic heterocycles. The fraction of sp³-hybridized carbons (Fsp3) is 0.650. The van der Waals surface area contributed by atoms with Crippen LogP contribution >= 0.6 is 0 Å². The second-order valence-corrected chi connectivity index (χ2v) is 7.18. The molecule has 0 spiro atoms. The Kier molecular flexibility index (Phi) is 7.25. The molecule has 1 amide bonds. The number of piperazine rings is 1. The van der Waals surface area contributed by atoms with Crippen molar-refractivity contribution < 1.29 is 4.79 Å². The first kappa shape index (κ1) is 18.9. The summed E-state index contributed by atoms with van der Waals surface area (Å²) in [6.45, 7) is 14.5. The smallest absolute Gasteiger partial charge is 0.238 e. The van der Waals surface area contributed by atoms with Crippen molar-refractivity contribution >= 4 is 11.6 Å². The molecule has 1 aliphatic rings. The minimum Gasteiger partial charge on any atom is -0.324 e. The molecule has 1 saturated heterocycles. The molecule has 1 fully saturated rings. The number of nitrogens with zero attached hydrogens (tertiary/aromatic N) is 2. The molecular weight excluding hydrogens is 298 g/mol. The summed E-state index contributed by atoms with van der Waals surface area (Å²) >= 11 is 0. The number of amides is 1. The molecule has 134 valence electrons. The first-order chi connectivity index (χ1) is 11.5. The third-order valence-electron chi connectivity index (χ3n) is 4.72. The number of rotatable bonds is 7. The maximum Gasteiger partial charge on any atom is 0.238 e. The van der Waals surface area contributed by atoms with Gasteiger partial charge in [0.15, 0.2) is 0 Å². The number of hydrogen-bond donors (Lipinski definition) is 1. The van der Waals surface area contributed by atoms with Gasteiger partial charge in [0, 0.05) is 38.4 Å². The summed E-state index contributed by atoms with van der Waals surface area (Å²) in [5.74, 6) is 0.820. The molecular formula is C20H33N3O. The van der Waals surface area contributed by atoms with E-state index in [1.165, 1.54) is 11.1 Å². The van der Waals surface area contributed by atoms with E-state index in [1.54, 1.807) is 0 Å². The first-order valence-corrected chi connectivity index (χ1v) is 9.38. The van der Waals surface area contributed by atoms with E-state index in [9.17, 15) is 4.79 Å². The van der Waals surface area contributed by atoms with E-state index in [0.29, 0.717) is 12.5 Å². The third-order valence-corrected chi connectivity index (χ3v) is 4.72. The molecule has 0 saturated carbocycles. The number of anilines is 1. The van der Waals surface area contributed by atoms with Gasteiger partial charge in [0.25, 0.3) is 0 Å². The molecule has 1 heterocycles. The van der Waals surface area contributed by atoms with Gasteiger partial charge in [-0.3, -0.25) is 9.69 Å². The molecule has 0 unspecified atom stereocenters. The number of carbonyl (C=O) groups is 1. The molecule has 1 N–H and O–H groups in total. The van der Waals surface area contributed by atoms with Crippen molar-refractivity contribution in [3.05, 3.63) is 29.3 Å². The van der Waals surface area contributed by atoms with E-state index in [4.69, 9.17) is 0 Å². The fourth-order valence-electron chi connectivity index (χ4n) is 3.43. The SMILES string of the molecule is CCc1cccc(CC)c1NC(=O)CN1CCN(CC(C)C)CC1. The van der Waals surface area contributed by atoms with Crippen LogP contribution < -0.4 is 5.32 Å². The normalized spacial score (nSPS) is 16.5. The van der Waals surface area contributed by atoms with Gasteiger partial charge in [-0.15, -0.1) is 0 Å². The second-order valence-electron chi connectivity index (χ2n) is 7.18. The van der Waals surface area contributed by atoms with E-state index in [-0.39, 0.29) is 5.91 Å². The van der Waals surface area contributed by atoms with Crippen molar-refractivity contribution in [1.82, 2.24) is 9.80 Å². The molecule has 4 nitrogen and oxygen atoms in total. The monoisotopic (exact) mass is 331 g/mol. The zero-order valence-electron chi connectivity index (χ0n) is 15.8. The Balaban J connectivity index is 1.89. The van der Waals surface area contributed by atoms with Crippen molar-refractivity contribution in [2.75, 3.05) is 44.6 Å². The molecule has 1 aliphatic heterocycles. The number of hydrogen-bond acceptors (Lipinski definition) is 3. The van der Waals surface area contributed by atoms with Gasteiger partial charge in [0.2, 0.25) is 5.91 Å². The largest absolute Gasteiger partial charge is 0.324 e. The Morgan fingerprint density at radius 2 is 1.58 bits per heavy atom. The third kappa shape index (κ3) is 5.32. The van der Waals surface area contributed by atoms with Crippen molar-refractivity contribution in [3.63, 3.8) is 0 Å². The maximum absolute atomic E-state index is 12.5. The van der Waals surface area contributed by atoms with Crippen molar-refractivity contribution in [1.29, 1.82) is 0 Å². The lowest BCUT2D eigenvalue weighted by molar-refractivity contribution is -0.117. The Labute approximate surface area is 147 Å². The highest BCUT2D eigenvalue weighted by Gasteiger charge is 2.20. The van der Waals surface area contributed by atoms with Crippen LogP contribution in [0.1, 0.15) is 38.8 Å². The number of aryl methyl sites for hydroxylation is 2. The number of para-hydroxylation sites is 1. The average molecular weight is 332 g/mol. The van der Waals surface area contributed by atoms with Crippen LogP contribution in [0, 0.1) is 5.92 Å².